The molecule has 0 saturated carbocycles. The van der Waals surface area contributed by atoms with Crippen molar-refractivity contribution in [1.82, 2.24) is 9.88 Å². The molecule has 2 aromatic rings. The molecule has 3 rings (SSSR count). The molecule has 1 fully saturated rings. The first-order valence-corrected chi connectivity index (χ1v) is 7.89. The minimum atomic E-state index is 0.0999. The number of fused-ring (bicyclic) bond motifs is 1. The van der Waals surface area contributed by atoms with E-state index >= 15 is 0 Å². The van der Waals surface area contributed by atoms with Gasteiger partial charge in [0.2, 0.25) is 0 Å². The van der Waals surface area contributed by atoms with Crippen LogP contribution in [0.15, 0.2) is 23.7 Å². The first-order chi connectivity index (χ1) is 9.78. The maximum atomic E-state index is 12.6. The molecule has 1 aliphatic rings. The topological polar surface area (TPSA) is 53.4 Å². The second kappa shape index (κ2) is 5.89. The molecule has 1 saturated heterocycles. The van der Waals surface area contributed by atoms with Gasteiger partial charge < -0.3 is 10.0 Å². The molecule has 0 radical (unpaired) electrons. The predicted octanol–water partition coefficient (Wildman–Crippen LogP) is 2.53. The molecular formula is C15H18N2O2S. The van der Waals surface area contributed by atoms with Crippen molar-refractivity contribution in [3.8, 4) is 0 Å². The zero-order chi connectivity index (χ0) is 13.9. The summed E-state index contributed by atoms with van der Waals surface area (Å²) in [6.45, 7) is 1.79. The quantitative estimate of drug-likeness (QED) is 0.945. The van der Waals surface area contributed by atoms with Gasteiger partial charge in [0.05, 0.1) is 15.7 Å². The fourth-order valence-electron chi connectivity index (χ4n) is 2.84. The Kier molecular flexibility index (Phi) is 3.98. The number of aliphatic hydroxyl groups is 1. The van der Waals surface area contributed by atoms with Gasteiger partial charge in [-0.2, -0.15) is 0 Å². The van der Waals surface area contributed by atoms with Crippen molar-refractivity contribution in [2.75, 3.05) is 19.7 Å². The molecule has 1 N–H and O–H groups in total. The summed E-state index contributed by atoms with van der Waals surface area (Å²) in [6.07, 6.45) is 2.93. The molecule has 2 heterocycles. The number of benzene rings is 1. The average molecular weight is 290 g/mol. The first-order valence-electron chi connectivity index (χ1n) is 7.01. The van der Waals surface area contributed by atoms with Crippen LogP contribution in [-0.4, -0.2) is 40.6 Å². The van der Waals surface area contributed by atoms with Crippen LogP contribution < -0.4 is 0 Å². The molecular weight excluding hydrogens is 272 g/mol. The van der Waals surface area contributed by atoms with Crippen LogP contribution in [-0.2, 0) is 0 Å². The van der Waals surface area contributed by atoms with Gasteiger partial charge in [-0.15, -0.1) is 11.3 Å². The van der Waals surface area contributed by atoms with E-state index in [0.717, 1.165) is 48.1 Å². The van der Waals surface area contributed by atoms with Gasteiger partial charge >= 0.3 is 0 Å². The van der Waals surface area contributed by atoms with Crippen molar-refractivity contribution in [1.29, 1.82) is 0 Å². The fourth-order valence-corrected chi connectivity index (χ4v) is 3.55. The third kappa shape index (κ3) is 2.69. The average Bonchev–Trinajstić information content (AvgIpc) is 2.94. The lowest BCUT2D eigenvalue weighted by molar-refractivity contribution is 0.0654. The highest BCUT2D eigenvalue weighted by Gasteiger charge is 2.24. The normalized spacial score (nSPS) is 19.4. The SMILES string of the molecule is O=C(c1ccc2ncsc2c1)N1CCCC(CCO)C1. The van der Waals surface area contributed by atoms with Gasteiger partial charge in [0.15, 0.2) is 0 Å². The zero-order valence-corrected chi connectivity index (χ0v) is 12.1. The molecule has 5 heteroatoms. The van der Waals surface area contributed by atoms with Crippen molar-refractivity contribution in [3.05, 3.63) is 29.3 Å². The number of nitrogens with zero attached hydrogens (tertiary/aromatic N) is 2. The monoisotopic (exact) mass is 290 g/mol. The number of likely N-dealkylation sites (tertiary alicyclic amines) is 1. The molecule has 1 aliphatic heterocycles. The van der Waals surface area contributed by atoms with Crippen molar-refractivity contribution in [2.45, 2.75) is 19.3 Å². The molecule has 0 aliphatic carbocycles. The summed E-state index contributed by atoms with van der Waals surface area (Å²) in [5.41, 5.74) is 3.49. The van der Waals surface area contributed by atoms with E-state index in [0.29, 0.717) is 5.92 Å². The lowest BCUT2D eigenvalue weighted by Gasteiger charge is -2.32. The molecule has 20 heavy (non-hydrogen) atoms. The third-order valence-corrected chi connectivity index (χ3v) is 4.71. The Balaban J connectivity index is 1.77. The van der Waals surface area contributed by atoms with E-state index < -0.39 is 0 Å². The number of carbonyl (C=O) groups excluding carboxylic acids is 1. The van der Waals surface area contributed by atoms with Crippen LogP contribution in [0.3, 0.4) is 0 Å². The highest BCUT2D eigenvalue weighted by Crippen LogP contribution is 2.23. The molecule has 0 spiro atoms. The standard InChI is InChI=1S/C15H18N2O2S/c18-7-5-11-2-1-6-17(9-11)15(19)12-3-4-13-14(8-12)20-10-16-13/h3-4,8,10-11,18H,1-2,5-7,9H2. The summed E-state index contributed by atoms with van der Waals surface area (Å²) in [7, 11) is 0. The maximum absolute atomic E-state index is 12.6. The maximum Gasteiger partial charge on any atom is 0.253 e. The van der Waals surface area contributed by atoms with Gasteiger partial charge in [0.1, 0.15) is 0 Å². The zero-order valence-electron chi connectivity index (χ0n) is 11.3. The van der Waals surface area contributed by atoms with Gasteiger partial charge in [0.25, 0.3) is 5.91 Å². The van der Waals surface area contributed by atoms with Crippen LogP contribution in [0.5, 0.6) is 0 Å². The van der Waals surface area contributed by atoms with Gasteiger partial charge in [-0.25, -0.2) is 4.98 Å². The Bertz CT molecular complexity index is 609. The molecule has 1 unspecified atom stereocenters. The summed E-state index contributed by atoms with van der Waals surface area (Å²) >= 11 is 1.56. The van der Waals surface area contributed by atoms with E-state index in [1.165, 1.54) is 0 Å². The van der Waals surface area contributed by atoms with Crippen molar-refractivity contribution >= 4 is 27.5 Å². The highest BCUT2D eigenvalue weighted by atomic mass is 32.1. The number of rotatable bonds is 3. The van der Waals surface area contributed by atoms with Crippen LogP contribution in [0.25, 0.3) is 10.2 Å². The van der Waals surface area contributed by atoms with Gasteiger partial charge in [-0.05, 0) is 43.4 Å². The molecule has 1 atom stereocenters. The Hall–Kier alpha value is -1.46. The van der Waals surface area contributed by atoms with Gasteiger partial charge in [-0.1, -0.05) is 0 Å². The highest BCUT2D eigenvalue weighted by molar-refractivity contribution is 7.16. The summed E-state index contributed by atoms with van der Waals surface area (Å²) in [5.74, 6) is 0.535. The molecule has 0 bridgehead atoms. The third-order valence-electron chi connectivity index (χ3n) is 3.92. The van der Waals surface area contributed by atoms with Crippen LogP contribution in [0.1, 0.15) is 29.6 Å². The fraction of sp³-hybridized carbons (Fsp3) is 0.467. The molecule has 1 aromatic heterocycles. The number of piperidine rings is 1. The number of hydrogen-bond acceptors (Lipinski definition) is 4. The largest absolute Gasteiger partial charge is 0.396 e. The number of thiazole rings is 1. The smallest absolute Gasteiger partial charge is 0.253 e. The second-order valence-corrected chi connectivity index (χ2v) is 6.19. The Morgan fingerprint density at radius 1 is 1.50 bits per heavy atom. The van der Waals surface area contributed by atoms with Crippen LogP contribution in [0.4, 0.5) is 0 Å². The lowest BCUT2D eigenvalue weighted by atomic mass is 9.94. The molecule has 106 valence electrons. The van der Waals surface area contributed by atoms with Gasteiger partial charge in [-0.3, -0.25) is 4.79 Å². The van der Waals surface area contributed by atoms with Crippen LogP contribution >= 0.6 is 11.3 Å². The Morgan fingerprint density at radius 3 is 3.25 bits per heavy atom. The predicted molar refractivity (Wildman–Crippen MR) is 80.0 cm³/mol. The Labute approximate surface area is 122 Å². The first kappa shape index (κ1) is 13.5. The number of aliphatic hydroxyl groups excluding tert-OH is 1. The summed E-state index contributed by atoms with van der Waals surface area (Å²) < 4.78 is 1.06. The number of hydrogen-bond donors (Lipinski definition) is 1. The van der Waals surface area contributed by atoms with Crippen LogP contribution in [0, 0.1) is 5.92 Å². The summed E-state index contributed by atoms with van der Waals surface area (Å²) in [5, 5.41) is 9.05. The van der Waals surface area contributed by atoms with E-state index in [4.69, 9.17) is 5.11 Å². The number of carbonyl (C=O) groups is 1. The van der Waals surface area contributed by atoms with E-state index in [1.807, 2.05) is 23.1 Å². The lowest BCUT2D eigenvalue weighted by Crippen LogP contribution is -2.40. The van der Waals surface area contributed by atoms with Gasteiger partial charge in [0, 0.05) is 25.3 Å². The second-order valence-electron chi connectivity index (χ2n) is 5.31. The molecule has 1 aromatic carbocycles. The Morgan fingerprint density at radius 2 is 2.40 bits per heavy atom. The van der Waals surface area contributed by atoms with E-state index in [1.54, 1.807) is 16.8 Å². The van der Waals surface area contributed by atoms with Crippen molar-refractivity contribution in [3.63, 3.8) is 0 Å². The molecule has 1 amide bonds. The van der Waals surface area contributed by atoms with Crippen molar-refractivity contribution in [2.24, 2.45) is 5.92 Å². The summed E-state index contributed by atoms with van der Waals surface area (Å²) in [6, 6.07) is 5.71. The number of aromatic nitrogens is 1. The van der Waals surface area contributed by atoms with E-state index in [9.17, 15) is 4.79 Å². The van der Waals surface area contributed by atoms with Crippen molar-refractivity contribution < 1.29 is 9.90 Å². The number of amides is 1. The van der Waals surface area contributed by atoms with E-state index in [2.05, 4.69) is 4.98 Å². The van der Waals surface area contributed by atoms with Crippen LogP contribution in [0.2, 0.25) is 0 Å². The minimum Gasteiger partial charge on any atom is -0.396 e. The van der Waals surface area contributed by atoms with E-state index in [-0.39, 0.29) is 12.5 Å². The minimum absolute atomic E-state index is 0.0999. The molecule has 4 nitrogen and oxygen atoms in total. The summed E-state index contributed by atoms with van der Waals surface area (Å²) in [4.78, 5) is 18.7.